The van der Waals surface area contributed by atoms with Gasteiger partial charge in [-0.1, -0.05) is 30.3 Å². The van der Waals surface area contributed by atoms with Crippen molar-refractivity contribution in [1.82, 2.24) is 9.97 Å². The Kier molecular flexibility index (Phi) is 3.65. The summed E-state index contributed by atoms with van der Waals surface area (Å²) in [5.74, 6) is 2.54. The molecule has 1 aromatic heterocycles. The third-order valence-electron chi connectivity index (χ3n) is 4.28. The van der Waals surface area contributed by atoms with Crippen LogP contribution in [0.15, 0.2) is 54.6 Å². The minimum absolute atomic E-state index is 0.770. The average molecular weight is 316 g/mol. The van der Waals surface area contributed by atoms with Gasteiger partial charge >= 0.3 is 0 Å². The molecule has 1 N–H and O–H groups in total. The van der Waals surface area contributed by atoms with Gasteiger partial charge in [-0.05, 0) is 49.6 Å². The van der Waals surface area contributed by atoms with Crippen LogP contribution in [0.3, 0.4) is 0 Å². The molecule has 0 unspecified atom stereocenters. The number of nitrogens with zero attached hydrogens (tertiary/aromatic N) is 3. The lowest BCUT2D eigenvalue weighted by molar-refractivity contribution is 0.946. The molecule has 4 heteroatoms. The Bertz CT molecular complexity index is 888. The normalized spacial score (nSPS) is 13.0. The van der Waals surface area contributed by atoms with Crippen LogP contribution in [0.5, 0.6) is 0 Å². The van der Waals surface area contributed by atoms with Gasteiger partial charge in [0.05, 0.1) is 0 Å². The molecule has 0 fully saturated rings. The van der Waals surface area contributed by atoms with Gasteiger partial charge < -0.3 is 10.2 Å². The van der Waals surface area contributed by atoms with Crippen molar-refractivity contribution in [3.8, 4) is 0 Å². The summed E-state index contributed by atoms with van der Waals surface area (Å²) in [5, 5.41) is 3.40. The summed E-state index contributed by atoms with van der Waals surface area (Å²) in [4.78, 5) is 11.5. The van der Waals surface area contributed by atoms with Crippen molar-refractivity contribution >= 4 is 23.0 Å². The third-order valence-corrected chi connectivity index (χ3v) is 4.28. The van der Waals surface area contributed by atoms with Gasteiger partial charge in [0, 0.05) is 24.0 Å². The number of hydrogen-bond donors (Lipinski definition) is 1. The van der Waals surface area contributed by atoms with E-state index in [9.17, 15) is 0 Å². The van der Waals surface area contributed by atoms with Gasteiger partial charge in [-0.25, -0.2) is 9.97 Å². The minimum atomic E-state index is 0.770. The number of aromatic nitrogens is 2. The molecule has 1 aliphatic rings. The monoisotopic (exact) mass is 316 g/mol. The number of nitrogens with one attached hydrogen (secondary N) is 1. The molecule has 4 rings (SSSR count). The first kappa shape index (κ1) is 14.7. The van der Waals surface area contributed by atoms with Gasteiger partial charge in [0.15, 0.2) is 0 Å². The number of benzene rings is 2. The van der Waals surface area contributed by atoms with Crippen LogP contribution in [0.2, 0.25) is 0 Å². The zero-order valence-electron chi connectivity index (χ0n) is 14.0. The number of aryl methyl sites for hydroxylation is 2. The molecule has 2 heterocycles. The van der Waals surface area contributed by atoms with Crippen molar-refractivity contribution in [2.45, 2.75) is 20.3 Å². The first-order chi connectivity index (χ1) is 11.7. The molecule has 0 saturated carbocycles. The van der Waals surface area contributed by atoms with E-state index in [1.54, 1.807) is 0 Å². The van der Waals surface area contributed by atoms with Gasteiger partial charge in [0.1, 0.15) is 17.5 Å². The van der Waals surface area contributed by atoms with E-state index in [-0.39, 0.29) is 0 Å². The molecule has 0 bridgehead atoms. The summed E-state index contributed by atoms with van der Waals surface area (Å²) in [5.41, 5.74) is 4.89. The summed E-state index contributed by atoms with van der Waals surface area (Å²) in [7, 11) is 0. The lowest BCUT2D eigenvalue weighted by Crippen LogP contribution is -2.16. The predicted octanol–water partition coefficient (Wildman–Crippen LogP) is 4.53. The predicted molar refractivity (Wildman–Crippen MR) is 98.4 cm³/mol. The second-order valence-corrected chi connectivity index (χ2v) is 6.18. The van der Waals surface area contributed by atoms with Crippen molar-refractivity contribution < 1.29 is 0 Å². The quantitative estimate of drug-likeness (QED) is 0.770. The second-order valence-electron chi connectivity index (χ2n) is 6.18. The van der Waals surface area contributed by atoms with Gasteiger partial charge in [0.25, 0.3) is 0 Å². The number of fused-ring (bicyclic) bond motifs is 1. The molecule has 0 aliphatic carbocycles. The average Bonchev–Trinajstić information content (AvgIpc) is 2.98. The zero-order valence-corrected chi connectivity index (χ0v) is 14.0. The molecule has 0 amide bonds. The Morgan fingerprint density at radius 3 is 2.71 bits per heavy atom. The second kappa shape index (κ2) is 5.96. The van der Waals surface area contributed by atoms with Gasteiger partial charge in [-0.2, -0.15) is 0 Å². The minimum Gasteiger partial charge on any atom is -0.340 e. The highest BCUT2D eigenvalue weighted by Gasteiger charge is 2.21. The standard InChI is InChI=1S/C20H20N4/c1-14-6-5-8-17(12-14)23-19-13-20(22-15(2)21-19)24-11-10-16-7-3-4-9-18(16)24/h3-9,12-13H,10-11H2,1-2H3,(H,21,22,23). The summed E-state index contributed by atoms with van der Waals surface area (Å²) in [6, 6.07) is 18.8. The lowest BCUT2D eigenvalue weighted by Gasteiger charge is -2.19. The molecular weight excluding hydrogens is 296 g/mol. The Balaban J connectivity index is 1.67. The molecule has 24 heavy (non-hydrogen) atoms. The number of para-hydroxylation sites is 1. The van der Waals surface area contributed by atoms with Crippen LogP contribution in [0.4, 0.5) is 23.0 Å². The molecular formula is C20H20N4. The van der Waals surface area contributed by atoms with Gasteiger partial charge in [-0.3, -0.25) is 0 Å². The largest absolute Gasteiger partial charge is 0.340 e. The Morgan fingerprint density at radius 2 is 1.83 bits per heavy atom. The van der Waals surface area contributed by atoms with Crippen molar-refractivity contribution in [3.05, 3.63) is 71.5 Å². The van der Waals surface area contributed by atoms with Crippen LogP contribution in [-0.4, -0.2) is 16.5 Å². The fourth-order valence-corrected chi connectivity index (χ4v) is 3.20. The van der Waals surface area contributed by atoms with E-state index < -0.39 is 0 Å². The molecule has 4 nitrogen and oxygen atoms in total. The SMILES string of the molecule is Cc1cccc(Nc2cc(N3CCc4ccccc43)nc(C)n2)c1. The number of hydrogen-bond acceptors (Lipinski definition) is 4. The first-order valence-corrected chi connectivity index (χ1v) is 8.24. The highest BCUT2D eigenvalue weighted by molar-refractivity contribution is 5.70. The first-order valence-electron chi connectivity index (χ1n) is 8.24. The van der Waals surface area contributed by atoms with Crippen LogP contribution in [0.25, 0.3) is 0 Å². The van der Waals surface area contributed by atoms with E-state index in [4.69, 9.17) is 0 Å². The number of anilines is 4. The summed E-state index contributed by atoms with van der Waals surface area (Å²) < 4.78 is 0. The number of rotatable bonds is 3. The maximum absolute atomic E-state index is 4.65. The highest BCUT2D eigenvalue weighted by atomic mass is 15.2. The maximum Gasteiger partial charge on any atom is 0.138 e. The van der Waals surface area contributed by atoms with Crippen molar-refractivity contribution in [2.75, 3.05) is 16.8 Å². The van der Waals surface area contributed by atoms with Crippen molar-refractivity contribution in [2.24, 2.45) is 0 Å². The summed E-state index contributed by atoms with van der Waals surface area (Å²) in [6.45, 7) is 4.98. The Labute approximate surface area is 142 Å². The molecule has 3 aromatic rings. The topological polar surface area (TPSA) is 41.0 Å². The van der Waals surface area contributed by atoms with E-state index in [2.05, 4.69) is 69.6 Å². The summed E-state index contributed by atoms with van der Waals surface area (Å²) in [6.07, 6.45) is 1.06. The van der Waals surface area contributed by atoms with E-state index in [1.807, 2.05) is 19.1 Å². The Morgan fingerprint density at radius 1 is 0.958 bits per heavy atom. The molecule has 1 aliphatic heterocycles. The van der Waals surface area contributed by atoms with Crippen molar-refractivity contribution in [1.29, 1.82) is 0 Å². The molecule has 2 aromatic carbocycles. The van der Waals surface area contributed by atoms with Crippen LogP contribution >= 0.6 is 0 Å². The van der Waals surface area contributed by atoms with Crippen LogP contribution in [0.1, 0.15) is 17.0 Å². The molecule has 0 spiro atoms. The van der Waals surface area contributed by atoms with Gasteiger partial charge in [-0.15, -0.1) is 0 Å². The smallest absolute Gasteiger partial charge is 0.138 e. The van der Waals surface area contributed by atoms with Gasteiger partial charge in [0.2, 0.25) is 0 Å². The molecule has 0 saturated heterocycles. The molecule has 0 radical (unpaired) electrons. The summed E-state index contributed by atoms with van der Waals surface area (Å²) >= 11 is 0. The Hall–Kier alpha value is -2.88. The molecule has 120 valence electrons. The van der Waals surface area contributed by atoms with E-state index in [0.29, 0.717) is 0 Å². The van der Waals surface area contributed by atoms with E-state index in [1.165, 1.54) is 16.8 Å². The van der Waals surface area contributed by atoms with E-state index in [0.717, 1.165) is 36.1 Å². The highest BCUT2D eigenvalue weighted by Crippen LogP contribution is 2.34. The third kappa shape index (κ3) is 2.83. The fraction of sp³-hybridized carbons (Fsp3) is 0.200. The van der Waals surface area contributed by atoms with Crippen molar-refractivity contribution in [3.63, 3.8) is 0 Å². The van der Waals surface area contributed by atoms with Crippen LogP contribution in [-0.2, 0) is 6.42 Å². The van der Waals surface area contributed by atoms with Crippen LogP contribution < -0.4 is 10.2 Å². The lowest BCUT2D eigenvalue weighted by atomic mass is 10.2. The molecule has 0 atom stereocenters. The zero-order chi connectivity index (χ0) is 16.5. The maximum atomic E-state index is 4.65. The van der Waals surface area contributed by atoms with Crippen LogP contribution in [0, 0.1) is 13.8 Å². The fourth-order valence-electron chi connectivity index (χ4n) is 3.20. The van der Waals surface area contributed by atoms with E-state index >= 15 is 0 Å².